The predicted octanol–water partition coefficient (Wildman–Crippen LogP) is 3.82. The molecule has 7 nitrogen and oxygen atoms in total. The second-order valence-electron chi connectivity index (χ2n) is 7.17. The van der Waals surface area contributed by atoms with Crippen LogP contribution in [0.15, 0.2) is 52.9 Å². The summed E-state index contributed by atoms with van der Waals surface area (Å²) < 4.78 is 5.60. The summed E-state index contributed by atoms with van der Waals surface area (Å²) in [5, 5.41) is 5.99. The average molecular weight is 392 g/mol. The number of carbonyl (C=O) groups excluding carboxylic acids is 2. The SMILES string of the molecule is CCc1nc2cc(NC(=O)N3CCC(NC(=O)c4ccccc4)CC3)ccc2o1. The third-order valence-electron chi connectivity index (χ3n) is 5.14. The van der Waals surface area contributed by atoms with E-state index in [4.69, 9.17) is 4.42 Å². The highest BCUT2D eigenvalue weighted by Gasteiger charge is 2.24. The zero-order valence-electron chi connectivity index (χ0n) is 16.4. The fourth-order valence-electron chi connectivity index (χ4n) is 3.49. The smallest absolute Gasteiger partial charge is 0.321 e. The lowest BCUT2D eigenvalue weighted by atomic mass is 10.0. The third-order valence-corrected chi connectivity index (χ3v) is 5.14. The van der Waals surface area contributed by atoms with E-state index < -0.39 is 0 Å². The van der Waals surface area contributed by atoms with Crippen molar-refractivity contribution in [1.82, 2.24) is 15.2 Å². The minimum atomic E-state index is -0.142. The number of oxazole rings is 1. The molecule has 3 aromatic rings. The fraction of sp³-hybridized carbons (Fsp3) is 0.318. The second-order valence-corrected chi connectivity index (χ2v) is 7.17. The van der Waals surface area contributed by atoms with Gasteiger partial charge in [-0.05, 0) is 43.2 Å². The van der Waals surface area contributed by atoms with Crippen LogP contribution in [-0.4, -0.2) is 41.0 Å². The maximum absolute atomic E-state index is 12.6. The monoisotopic (exact) mass is 392 g/mol. The Kier molecular flexibility index (Phi) is 5.46. The first-order valence-corrected chi connectivity index (χ1v) is 9.93. The highest BCUT2D eigenvalue weighted by molar-refractivity contribution is 5.94. The van der Waals surface area contributed by atoms with E-state index in [1.54, 1.807) is 17.0 Å². The van der Waals surface area contributed by atoms with Crippen LogP contribution in [0, 0.1) is 0 Å². The van der Waals surface area contributed by atoms with Crippen molar-refractivity contribution in [2.75, 3.05) is 18.4 Å². The van der Waals surface area contributed by atoms with E-state index in [1.807, 2.05) is 43.3 Å². The van der Waals surface area contributed by atoms with Gasteiger partial charge in [-0.25, -0.2) is 9.78 Å². The number of fused-ring (bicyclic) bond motifs is 1. The number of aromatic nitrogens is 1. The number of likely N-dealkylation sites (tertiary alicyclic amines) is 1. The van der Waals surface area contributed by atoms with E-state index in [0.29, 0.717) is 30.2 Å². The molecule has 2 N–H and O–H groups in total. The number of hydrogen-bond donors (Lipinski definition) is 2. The van der Waals surface area contributed by atoms with Gasteiger partial charge >= 0.3 is 6.03 Å². The van der Waals surface area contributed by atoms with Gasteiger partial charge in [-0.15, -0.1) is 0 Å². The van der Waals surface area contributed by atoms with Gasteiger partial charge in [0.15, 0.2) is 11.5 Å². The molecular weight excluding hydrogens is 368 g/mol. The molecule has 1 fully saturated rings. The van der Waals surface area contributed by atoms with Gasteiger partial charge in [-0.2, -0.15) is 0 Å². The summed E-state index contributed by atoms with van der Waals surface area (Å²) in [5.74, 6) is 0.615. The van der Waals surface area contributed by atoms with E-state index in [2.05, 4.69) is 15.6 Å². The van der Waals surface area contributed by atoms with Crippen LogP contribution in [0.5, 0.6) is 0 Å². The Labute approximate surface area is 169 Å². The summed E-state index contributed by atoms with van der Waals surface area (Å²) in [6, 6.07) is 14.6. The number of benzene rings is 2. The topological polar surface area (TPSA) is 87.5 Å². The first kappa shape index (κ1) is 19.0. The molecule has 150 valence electrons. The van der Waals surface area contributed by atoms with Crippen LogP contribution < -0.4 is 10.6 Å². The molecule has 0 atom stereocenters. The standard InChI is InChI=1S/C22H24N4O3/c1-2-20-25-18-14-17(8-9-19(18)29-20)24-22(28)26-12-10-16(11-13-26)23-21(27)15-6-4-3-5-7-15/h3-9,14,16H,2,10-13H2,1H3,(H,23,27)(H,24,28). The summed E-state index contributed by atoms with van der Waals surface area (Å²) in [4.78, 5) is 31.1. The number of rotatable bonds is 4. The summed E-state index contributed by atoms with van der Waals surface area (Å²) in [5.41, 5.74) is 2.80. The second kappa shape index (κ2) is 8.34. The number of nitrogens with one attached hydrogen (secondary N) is 2. The van der Waals surface area contributed by atoms with E-state index in [0.717, 1.165) is 30.4 Å². The van der Waals surface area contributed by atoms with E-state index in [1.165, 1.54) is 0 Å². The van der Waals surface area contributed by atoms with Crippen LogP contribution in [-0.2, 0) is 6.42 Å². The quantitative estimate of drug-likeness (QED) is 0.707. The average Bonchev–Trinajstić information content (AvgIpc) is 3.17. The van der Waals surface area contributed by atoms with E-state index >= 15 is 0 Å². The Morgan fingerprint density at radius 1 is 1.14 bits per heavy atom. The van der Waals surface area contributed by atoms with Crippen LogP contribution in [0.4, 0.5) is 10.5 Å². The molecule has 1 aliphatic rings. The molecule has 0 bridgehead atoms. The summed E-state index contributed by atoms with van der Waals surface area (Å²) >= 11 is 0. The largest absolute Gasteiger partial charge is 0.441 e. The van der Waals surface area contributed by atoms with Crippen LogP contribution >= 0.6 is 0 Å². The summed E-state index contributed by atoms with van der Waals surface area (Å²) in [6.07, 6.45) is 2.19. The van der Waals surface area contributed by atoms with Gasteiger partial charge in [0.2, 0.25) is 0 Å². The van der Waals surface area contributed by atoms with Gasteiger partial charge in [0.1, 0.15) is 5.52 Å². The summed E-state index contributed by atoms with van der Waals surface area (Å²) in [6.45, 7) is 3.18. The van der Waals surface area contributed by atoms with Gasteiger partial charge in [0.05, 0.1) is 0 Å². The molecule has 0 aliphatic carbocycles. The number of hydrogen-bond acceptors (Lipinski definition) is 4. The molecule has 0 spiro atoms. The number of aryl methyl sites for hydroxylation is 1. The van der Waals surface area contributed by atoms with E-state index in [9.17, 15) is 9.59 Å². The van der Waals surface area contributed by atoms with Crippen LogP contribution in [0.25, 0.3) is 11.1 Å². The first-order valence-electron chi connectivity index (χ1n) is 9.93. The lowest BCUT2D eigenvalue weighted by Gasteiger charge is -2.32. The molecular formula is C22H24N4O3. The zero-order chi connectivity index (χ0) is 20.2. The minimum Gasteiger partial charge on any atom is -0.441 e. The molecule has 29 heavy (non-hydrogen) atoms. The van der Waals surface area contributed by atoms with Crippen molar-refractivity contribution in [2.45, 2.75) is 32.2 Å². The molecule has 2 aromatic carbocycles. The molecule has 0 saturated carbocycles. The lowest BCUT2D eigenvalue weighted by Crippen LogP contribution is -2.47. The Morgan fingerprint density at radius 2 is 1.90 bits per heavy atom. The Hall–Kier alpha value is -3.35. The molecule has 0 radical (unpaired) electrons. The molecule has 0 unspecified atom stereocenters. The zero-order valence-corrected chi connectivity index (χ0v) is 16.4. The van der Waals surface area contributed by atoms with Crippen LogP contribution in [0.1, 0.15) is 36.0 Å². The molecule has 1 aliphatic heterocycles. The highest BCUT2D eigenvalue weighted by atomic mass is 16.3. The lowest BCUT2D eigenvalue weighted by molar-refractivity contribution is 0.0919. The molecule has 1 aromatic heterocycles. The minimum absolute atomic E-state index is 0.0686. The van der Waals surface area contributed by atoms with Crippen LogP contribution in [0.2, 0.25) is 0 Å². The summed E-state index contributed by atoms with van der Waals surface area (Å²) in [7, 11) is 0. The molecule has 3 amide bonds. The molecule has 7 heteroatoms. The van der Waals surface area contributed by atoms with Crippen LogP contribution in [0.3, 0.4) is 0 Å². The number of anilines is 1. The normalized spacial score (nSPS) is 14.7. The number of nitrogens with zero attached hydrogens (tertiary/aromatic N) is 2. The van der Waals surface area contributed by atoms with Gasteiger partial charge in [-0.1, -0.05) is 25.1 Å². The molecule has 1 saturated heterocycles. The number of amides is 3. The molecule has 4 rings (SSSR count). The van der Waals surface area contributed by atoms with Gasteiger partial charge in [-0.3, -0.25) is 4.79 Å². The highest BCUT2D eigenvalue weighted by Crippen LogP contribution is 2.21. The number of piperidine rings is 1. The Balaban J connectivity index is 1.30. The predicted molar refractivity (Wildman–Crippen MR) is 111 cm³/mol. The van der Waals surface area contributed by atoms with Crippen molar-refractivity contribution in [3.05, 3.63) is 60.0 Å². The maximum atomic E-state index is 12.6. The molecule has 2 heterocycles. The Morgan fingerprint density at radius 3 is 2.62 bits per heavy atom. The number of carbonyl (C=O) groups is 2. The van der Waals surface area contributed by atoms with E-state index in [-0.39, 0.29) is 18.0 Å². The van der Waals surface area contributed by atoms with Gasteiger partial charge in [0.25, 0.3) is 5.91 Å². The third kappa shape index (κ3) is 4.39. The van der Waals surface area contributed by atoms with Crippen molar-refractivity contribution < 1.29 is 14.0 Å². The van der Waals surface area contributed by atoms with Crippen molar-refractivity contribution in [3.8, 4) is 0 Å². The number of urea groups is 1. The van der Waals surface area contributed by atoms with Crippen molar-refractivity contribution >= 4 is 28.7 Å². The Bertz CT molecular complexity index is 1010. The van der Waals surface area contributed by atoms with Crippen molar-refractivity contribution in [1.29, 1.82) is 0 Å². The van der Waals surface area contributed by atoms with Crippen molar-refractivity contribution in [3.63, 3.8) is 0 Å². The first-order chi connectivity index (χ1) is 14.1. The van der Waals surface area contributed by atoms with Gasteiger partial charge < -0.3 is 20.0 Å². The van der Waals surface area contributed by atoms with Crippen molar-refractivity contribution in [2.24, 2.45) is 0 Å². The maximum Gasteiger partial charge on any atom is 0.321 e. The fourth-order valence-corrected chi connectivity index (χ4v) is 3.49. The van der Waals surface area contributed by atoms with Gasteiger partial charge in [0, 0.05) is 36.8 Å².